The van der Waals surface area contributed by atoms with Crippen molar-refractivity contribution in [2.24, 2.45) is 11.7 Å². The molecule has 1 heterocycles. The molecule has 17 heavy (non-hydrogen) atoms. The fraction of sp³-hybridized carbons (Fsp3) is 0.900. The number of carbonyl (C=O) groups is 1. The van der Waals surface area contributed by atoms with Crippen molar-refractivity contribution in [3.05, 3.63) is 0 Å². The van der Waals surface area contributed by atoms with Gasteiger partial charge in [0.15, 0.2) is 0 Å². The summed E-state index contributed by atoms with van der Waals surface area (Å²) < 4.78 is 41.7. The van der Waals surface area contributed by atoms with Gasteiger partial charge in [0.1, 0.15) is 0 Å². The summed E-state index contributed by atoms with van der Waals surface area (Å²) in [6, 6.07) is 0. The molecule has 0 bridgehead atoms. The van der Waals surface area contributed by atoms with Crippen LogP contribution in [0.4, 0.5) is 13.2 Å². The Morgan fingerprint density at radius 1 is 1.47 bits per heavy atom. The van der Waals surface area contributed by atoms with E-state index in [9.17, 15) is 18.0 Å². The minimum atomic E-state index is -4.77. The average molecular weight is 254 g/mol. The van der Waals surface area contributed by atoms with Crippen molar-refractivity contribution in [2.45, 2.75) is 19.0 Å². The van der Waals surface area contributed by atoms with Gasteiger partial charge in [0.25, 0.3) is 0 Å². The SMILES string of the molecule is NCCCOCC1CCN(C(=O)C(F)(F)F)C1. The van der Waals surface area contributed by atoms with Gasteiger partial charge in [-0.3, -0.25) is 4.79 Å². The van der Waals surface area contributed by atoms with Crippen molar-refractivity contribution in [3.63, 3.8) is 0 Å². The highest BCUT2D eigenvalue weighted by molar-refractivity contribution is 5.82. The van der Waals surface area contributed by atoms with Crippen molar-refractivity contribution in [1.82, 2.24) is 4.90 Å². The number of halogens is 3. The van der Waals surface area contributed by atoms with Gasteiger partial charge >= 0.3 is 12.1 Å². The first-order valence-corrected chi connectivity index (χ1v) is 5.59. The zero-order chi connectivity index (χ0) is 12.9. The molecular formula is C10H17F3N2O2. The molecule has 1 unspecified atom stereocenters. The third-order valence-corrected chi connectivity index (χ3v) is 2.66. The average Bonchev–Trinajstić information content (AvgIpc) is 2.70. The Labute approximate surface area is 97.9 Å². The van der Waals surface area contributed by atoms with E-state index in [0.717, 1.165) is 11.3 Å². The zero-order valence-electron chi connectivity index (χ0n) is 9.50. The number of hydrogen-bond acceptors (Lipinski definition) is 3. The summed E-state index contributed by atoms with van der Waals surface area (Å²) in [5.74, 6) is -1.75. The van der Waals surface area contributed by atoms with Crippen LogP contribution in [-0.4, -0.2) is 49.8 Å². The summed E-state index contributed by atoms with van der Waals surface area (Å²) in [4.78, 5) is 11.8. The van der Waals surface area contributed by atoms with E-state index in [1.807, 2.05) is 0 Å². The fourth-order valence-corrected chi connectivity index (χ4v) is 1.77. The second kappa shape index (κ2) is 6.20. The van der Waals surface area contributed by atoms with E-state index in [2.05, 4.69) is 0 Å². The Bertz CT molecular complexity index is 258. The van der Waals surface area contributed by atoms with Gasteiger partial charge in [-0.25, -0.2) is 0 Å². The predicted molar refractivity (Wildman–Crippen MR) is 55.2 cm³/mol. The Morgan fingerprint density at radius 3 is 2.76 bits per heavy atom. The third-order valence-electron chi connectivity index (χ3n) is 2.66. The highest BCUT2D eigenvalue weighted by atomic mass is 19.4. The number of ether oxygens (including phenoxy) is 1. The molecular weight excluding hydrogens is 237 g/mol. The van der Waals surface area contributed by atoms with Crippen LogP contribution in [-0.2, 0) is 9.53 Å². The van der Waals surface area contributed by atoms with Gasteiger partial charge in [-0.1, -0.05) is 0 Å². The number of alkyl halides is 3. The lowest BCUT2D eigenvalue weighted by Crippen LogP contribution is -2.39. The van der Waals surface area contributed by atoms with E-state index in [0.29, 0.717) is 26.2 Å². The first-order chi connectivity index (χ1) is 7.95. The highest BCUT2D eigenvalue weighted by Gasteiger charge is 2.44. The smallest absolute Gasteiger partial charge is 0.381 e. The molecule has 0 saturated carbocycles. The quantitative estimate of drug-likeness (QED) is 0.737. The maximum Gasteiger partial charge on any atom is 0.471 e. The summed E-state index contributed by atoms with van der Waals surface area (Å²) >= 11 is 0. The second-order valence-corrected chi connectivity index (χ2v) is 4.12. The monoisotopic (exact) mass is 254 g/mol. The van der Waals surface area contributed by atoms with Crippen LogP contribution < -0.4 is 5.73 Å². The molecule has 0 aromatic heterocycles. The molecule has 4 nitrogen and oxygen atoms in total. The largest absolute Gasteiger partial charge is 0.471 e. The minimum absolute atomic E-state index is 0.000857. The number of carbonyl (C=O) groups excluding carboxylic acids is 1. The Morgan fingerprint density at radius 2 is 2.18 bits per heavy atom. The van der Waals surface area contributed by atoms with Crippen LogP contribution in [0.15, 0.2) is 0 Å². The van der Waals surface area contributed by atoms with Crippen molar-refractivity contribution in [1.29, 1.82) is 0 Å². The summed E-state index contributed by atoms with van der Waals surface area (Å²) in [6.07, 6.45) is -3.47. The number of nitrogens with zero attached hydrogens (tertiary/aromatic N) is 1. The van der Waals surface area contributed by atoms with Gasteiger partial charge in [-0.2, -0.15) is 13.2 Å². The molecule has 1 atom stereocenters. The van der Waals surface area contributed by atoms with Crippen molar-refractivity contribution in [3.8, 4) is 0 Å². The molecule has 0 aromatic carbocycles. The normalized spacial score (nSPS) is 20.9. The van der Waals surface area contributed by atoms with Gasteiger partial charge in [0.05, 0.1) is 6.61 Å². The van der Waals surface area contributed by atoms with Gasteiger partial charge in [-0.05, 0) is 19.4 Å². The molecule has 1 rings (SSSR count). The van der Waals surface area contributed by atoms with Crippen molar-refractivity contribution in [2.75, 3.05) is 32.8 Å². The van der Waals surface area contributed by atoms with Crippen molar-refractivity contribution < 1.29 is 22.7 Å². The number of amides is 1. The number of hydrogen-bond donors (Lipinski definition) is 1. The molecule has 0 radical (unpaired) electrons. The van der Waals surface area contributed by atoms with Gasteiger partial charge in [0, 0.05) is 25.6 Å². The molecule has 0 aromatic rings. The summed E-state index contributed by atoms with van der Waals surface area (Å²) in [5, 5.41) is 0. The fourth-order valence-electron chi connectivity index (χ4n) is 1.77. The third kappa shape index (κ3) is 4.51. The maximum atomic E-state index is 12.1. The first-order valence-electron chi connectivity index (χ1n) is 5.59. The molecule has 1 saturated heterocycles. The number of nitrogens with two attached hydrogens (primary N) is 1. The lowest BCUT2D eigenvalue weighted by atomic mass is 10.1. The van der Waals surface area contributed by atoms with Crippen LogP contribution >= 0.6 is 0 Å². The van der Waals surface area contributed by atoms with Gasteiger partial charge in [0.2, 0.25) is 0 Å². The van der Waals surface area contributed by atoms with Crippen molar-refractivity contribution >= 4 is 5.91 Å². The molecule has 0 spiro atoms. The zero-order valence-corrected chi connectivity index (χ0v) is 9.50. The van der Waals surface area contributed by atoms with E-state index in [1.54, 1.807) is 0 Å². The first kappa shape index (κ1) is 14.2. The topological polar surface area (TPSA) is 55.6 Å². The summed E-state index contributed by atoms with van der Waals surface area (Å²) in [5.41, 5.74) is 5.27. The Hall–Kier alpha value is -0.820. The number of likely N-dealkylation sites (tertiary alicyclic amines) is 1. The molecule has 1 aliphatic rings. The van der Waals surface area contributed by atoms with E-state index < -0.39 is 12.1 Å². The van der Waals surface area contributed by atoms with Gasteiger partial charge < -0.3 is 15.4 Å². The number of rotatable bonds is 5. The second-order valence-electron chi connectivity index (χ2n) is 4.12. The summed E-state index contributed by atoms with van der Waals surface area (Å²) in [7, 11) is 0. The summed E-state index contributed by atoms with van der Waals surface area (Å²) in [6.45, 7) is 1.72. The molecule has 2 N–H and O–H groups in total. The molecule has 100 valence electrons. The molecule has 1 aliphatic heterocycles. The van der Waals surface area contributed by atoms with Crippen LogP contribution in [0.3, 0.4) is 0 Å². The van der Waals surface area contributed by atoms with Crippen LogP contribution in [0.2, 0.25) is 0 Å². The van der Waals surface area contributed by atoms with E-state index in [1.165, 1.54) is 0 Å². The van der Waals surface area contributed by atoms with E-state index in [-0.39, 0.29) is 19.0 Å². The van der Waals surface area contributed by atoms with Crippen LogP contribution in [0.5, 0.6) is 0 Å². The lowest BCUT2D eigenvalue weighted by Gasteiger charge is -2.18. The molecule has 0 aliphatic carbocycles. The highest BCUT2D eigenvalue weighted by Crippen LogP contribution is 2.24. The molecule has 7 heteroatoms. The molecule has 1 amide bonds. The Balaban J connectivity index is 2.25. The standard InChI is InChI=1S/C10H17F3N2O2/c11-10(12,13)9(16)15-4-2-8(6-15)7-17-5-1-3-14/h8H,1-7,14H2. The predicted octanol–water partition coefficient (Wildman–Crippen LogP) is 0.763. The van der Waals surface area contributed by atoms with Crippen LogP contribution in [0, 0.1) is 5.92 Å². The Kier molecular flexibility index (Phi) is 5.20. The minimum Gasteiger partial charge on any atom is -0.381 e. The van der Waals surface area contributed by atoms with Crippen LogP contribution in [0.25, 0.3) is 0 Å². The van der Waals surface area contributed by atoms with E-state index >= 15 is 0 Å². The van der Waals surface area contributed by atoms with Gasteiger partial charge in [-0.15, -0.1) is 0 Å². The molecule has 1 fully saturated rings. The van der Waals surface area contributed by atoms with Crippen LogP contribution in [0.1, 0.15) is 12.8 Å². The maximum absolute atomic E-state index is 12.1. The van der Waals surface area contributed by atoms with E-state index in [4.69, 9.17) is 10.5 Å². The lowest BCUT2D eigenvalue weighted by molar-refractivity contribution is -0.184.